The van der Waals surface area contributed by atoms with Crippen molar-refractivity contribution in [2.75, 3.05) is 13.2 Å². The van der Waals surface area contributed by atoms with E-state index in [1.54, 1.807) is 12.1 Å². The number of halogens is 1. The molecular weight excluding hydrogens is 466 g/mol. The van der Waals surface area contributed by atoms with Gasteiger partial charge in [0.25, 0.3) is 0 Å². The first kappa shape index (κ1) is 21.3. The fraction of sp³-hybridized carbons (Fsp3) is 0.167. The molecule has 0 saturated heterocycles. The topological polar surface area (TPSA) is 64.6 Å². The lowest BCUT2D eigenvalue weighted by molar-refractivity contribution is 0.297. The molecule has 0 fully saturated rings. The second kappa shape index (κ2) is 8.75. The maximum Gasteiger partial charge on any atom is 0.241 e. The summed E-state index contributed by atoms with van der Waals surface area (Å²) in [6.07, 6.45) is 0.750. The number of nitrogens with one attached hydrogen (secondary N) is 1. The molecular formula is C24H20ClNO4S2. The molecule has 1 atom stereocenters. The Balaban J connectivity index is 1.55. The molecule has 0 amide bonds. The summed E-state index contributed by atoms with van der Waals surface area (Å²) < 4.78 is 42.0. The molecule has 2 heterocycles. The molecule has 164 valence electrons. The fourth-order valence-electron chi connectivity index (χ4n) is 3.66. The molecule has 1 N–H and O–H groups in total. The number of hydrogen-bond donors (Lipinski definition) is 1. The van der Waals surface area contributed by atoms with Gasteiger partial charge in [-0.25, -0.2) is 8.42 Å². The number of benzene rings is 3. The lowest BCUT2D eigenvalue weighted by atomic mass is 10.1. The van der Waals surface area contributed by atoms with Crippen LogP contribution in [-0.2, 0) is 10.0 Å². The quantitative estimate of drug-likeness (QED) is 0.389. The predicted octanol–water partition coefficient (Wildman–Crippen LogP) is 5.78. The number of sulfonamides is 1. The molecule has 0 radical (unpaired) electrons. The molecule has 0 saturated carbocycles. The predicted molar refractivity (Wildman–Crippen MR) is 127 cm³/mol. The number of ether oxygens (including phenoxy) is 2. The first-order valence-electron chi connectivity index (χ1n) is 10.2. The van der Waals surface area contributed by atoms with Crippen molar-refractivity contribution in [3.63, 3.8) is 0 Å². The summed E-state index contributed by atoms with van der Waals surface area (Å²) in [4.78, 5) is 0.985. The minimum Gasteiger partial charge on any atom is -0.490 e. The van der Waals surface area contributed by atoms with Gasteiger partial charge in [-0.2, -0.15) is 4.72 Å². The van der Waals surface area contributed by atoms with E-state index in [0.717, 1.165) is 26.9 Å². The van der Waals surface area contributed by atoms with Gasteiger partial charge in [0.1, 0.15) is 0 Å². The van der Waals surface area contributed by atoms with Crippen molar-refractivity contribution in [3.8, 4) is 11.5 Å². The van der Waals surface area contributed by atoms with Gasteiger partial charge in [0.05, 0.1) is 33.9 Å². The minimum absolute atomic E-state index is 0.127. The maximum absolute atomic E-state index is 13.4. The summed E-state index contributed by atoms with van der Waals surface area (Å²) in [7, 11) is -3.86. The van der Waals surface area contributed by atoms with Crippen molar-refractivity contribution in [3.05, 3.63) is 88.3 Å². The lowest BCUT2D eigenvalue weighted by Gasteiger charge is -2.19. The average molecular weight is 486 g/mol. The molecule has 1 aromatic heterocycles. The van der Waals surface area contributed by atoms with Gasteiger partial charge >= 0.3 is 0 Å². The second-order valence-electron chi connectivity index (χ2n) is 7.43. The molecule has 1 aliphatic heterocycles. The van der Waals surface area contributed by atoms with Gasteiger partial charge in [0.15, 0.2) is 11.5 Å². The average Bonchev–Trinajstić information content (AvgIpc) is 3.10. The van der Waals surface area contributed by atoms with E-state index in [2.05, 4.69) is 4.72 Å². The van der Waals surface area contributed by atoms with Crippen LogP contribution in [0.1, 0.15) is 22.9 Å². The highest BCUT2D eigenvalue weighted by Gasteiger charge is 2.26. The number of rotatable bonds is 5. The summed E-state index contributed by atoms with van der Waals surface area (Å²) in [5.41, 5.74) is 0.841. The van der Waals surface area contributed by atoms with E-state index in [-0.39, 0.29) is 4.90 Å². The molecule has 0 bridgehead atoms. The number of hydrogen-bond acceptors (Lipinski definition) is 5. The van der Waals surface area contributed by atoms with Crippen molar-refractivity contribution in [1.29, 1.82) is 0 Å². The Morgan fingerprint density at radius 1 is 0.906 bits per heavy atom. The molecule has 1 aliphatic rings. The van der Waals surface area contributed by atoms with E-state index in [4.69, 9.17) is 21.1 Å². The van der Waals surface area contributed by atoms with Crippen LogP contribution in [0, 0.1) is 0 Å². The third-order valence-corrected chi connectivity index (χ3v) is 8.33. The van der Waals surface area contributed by atoms with E-state index in [1.165, 1.54) is 17.4 Å². The van der Waals surface area contributed by atoms with E-state index in [1.807, 2.05) is 54.6 Å². The van der Waals surface area contributed by atoms with Crippen molar-refractivity contribution >= 4 is 43.0 Å². The van der Waals surface area contributed by atoms with Crippen LogP contribution in [0.4, 0.5) is 0 Å². The van der Waals surface area contributed by atoms with Gasteiger partial charge in [-0.05, 0) is 35.2 Å². The molecule has 3 aromatic carbocycles. The second-order valence-corrected chi connectivity index (χ2v) is 10.6. The third kappa shape index (κ3) is 4.21. The molecule has 0 aliphatic carbocycles. The molecule has 5 rings (SSSR count). The highest BCUT2D eigenvalue weighted by Crippen LogP contribution is 2.38. The SMILES string of the molecule is O=S(=O)(N[C@@H](c1ccccc1)c1cc2cccc(Cl)c2s1)c1ccc2c(c1)OCCCO2. The highest BCUT2D eigenvalue weighted by molar-refractivity contribution is 7.89. The zero-order chi connectivity index (χ0) is 22.1. The van der Waals surface area contributed by atoms with Crippen molar-refractivity contribution in [1.82, 2.24) is 4.72 Å². The first-order valence-corrected chi connectivity index (χ1v) is 12.8. The van der Waals surface area contributed by atoms with Gasteiger partial charge in [-0.15, -0.1) is 11.3 Å². The normalized spacial score (nSPS) is 14.8. The van der Waals surface area contributed by atoms with Crippen molar-refractivity contribution in [2.24, 2.45) is 0 Å². The van der Waals surface area contributed by atoms with Crippen LogP contribution in [0.15, 0.2) is 77.7 Å². The Morgan fingerprint density at radius 3 is 2.47 bits per heavy atom. The van der Waals surface area contributed by atoms with Crippen LogP contribution in [0.3, 0.4) is 0 Å². The zero-order valence-corrected chi connectivity index (χ0v) is 19.3. The summed E-state index contributed by atoms with van der Waals surface area (Å²) in [5, 5.41) is 1.63. The van der Waals surface area contributed by atoms with Crippen LogP contribution < -0.4 is 14.2 Å². The standard InChI is InChI=1S/C24H20ClNO4S2/c25-19-9-4-8-17-14-22(31-24(17)19)23(16-6-2-1-3-7-16)26-32(27,28)18-10-11-20-21(15-18)30-13-5-12-29-20/h1-4,6-11,14-15,23,26H,5,12-13H2/t23-/m0/s1. The van der Waals surface area contributed by atoms with Gasteiger partial charge in [-0.3, -0.25) is 0 Å². The smallest absolute Gasteiger partial charge is 0.241 e. The summed E-state index contributed by atoms with van der Waals surface area (Å²) in [6.45, 7) is 1.03. The lowest BCUT2D eigenvalue weighted by Crippen LogP contribution is -2.29. The monoisotopic (exact) mass is 485 g/mol. The van der Waals surface area contributed by atoms with Gasteiger partial charge < -0.3 is 9.47 Å². The Labute approximate surface area is 195 Å². The largest absolute Gasteiger partial charge is 0.490 e. The van der Waals surface area contributed by atoms with E-state index < -0.39 is 16.1 Å². The number of fused-ring (bicyclic) bond motifs is 2. The van der Waals surface area contributed by atoms with E-state index >= 15 is 0 Å². The maximum atomic E-state index is 13.4. The van der Waals surface area contributed by atoms with E-state index in [9.17, 15) is 8.42 Å². The van der Waals surface area contributed by atoms with Gasteiger partial charge in [0.2, 0.25) is 10.0 Å². The summed E-state index contributed by atoms with van der Waals surface area (Å²) in [5.74, 6) is 0.996. The van der Waals surface area contributed by atoms with Crippen LogP contribution >= 0.6 is 22.9 Å². The first-order chi connectivity index (χ1) is 15.5. The van der Waals surface area contributed by atoms with Gasteiger partial charge in [0, 0.05) is 17.4 Å². The fourth-order valence-corrected chi connectivity index (χ4v) is 6.40. The summed E-state index contributed by atoms with van der Waals surface area (Å²) >= 11 is 7.86. The molecule has 8 heteroatoms. The van der Waals surface area contributed by atoms with Crippen LogP contribution in [0.5, 0.6) is 11.5 Å². The Hall–Kier alpha value is -2.58. The molecule has 4 aromatic rings. The minimum atomic E-state index is -3.86. The van der Waals surface area contributed by atoms with Crippen LogP contribution in [0.25, 0.3) is 10.1 Å². The zero-order valence-electron chi connectivity index (χ0n) is 17.0. The van der Waals surface area contributed by atoms with Crippen molar-refractivity contribution in [2.45, 2.75) is 17.4 Å². The molecule has 32 heavy (non-hydrogen) atoms. The molecule has 5 nitrogen and oxygen atoms in total. The Morgan fingerprint density at radius 2 is 1.69 bits per heavy atom. The summed E-state index contributed by atoms with van der Waals surface area (Å²) in [6, 6.07) is 21.3. The Bertz CT molecular complexity index is 1370. The Kier molecular flexibility index (Phi) is 5.82. The number of thiophene rings is 1. The third-order valence-electron chi connectivity index (χ3n) is 5.23. The van der Waals surface area contributed by atoms with E-state index in [0.29, 0.717) is 29.7 Å². The highest BCUT2D eigenvalue weighted by atomic mass is 35.5. The van der Waals surface area contributed by atoms with Gasteiger partial charge in [-0.1, -0.05) is 54.1 Å². The van der Waals surface area contributed by atoms with Crippen LogP contribution in [0.2, 0.25) is 5.02 Å². The molecule has 0 spiro atoms. The molecule has 0 unspecified atom stereocenters. The van der Waals surface area contributed by atoms with Crippen LogP contribution in [-0.4, -0.2) is 21.6 Å². The van der Waals surface area contributed by atoms with Crippen molar-refractivity contribution < 1.29 is 17.9 Å².